The Hall–Kier alpha value is -1.56. The minimum Gasteiger partial charge on any atom is -0.369 e. The van der Waals surface area contributed by atoms with Crippen molar-refractivity contribution in [3.63, 3.8) is 0 Å². The molecule has 0 aromatic carbocycles. The predicted octanol–water partition coefficient (Wildman–Crippen LogP) is 0.996. The van der Waals surface area contributed by atoms with Crippen LogP contribution in [0.15, 0.2) is 23.8 Å². The van der Waals surface area contributed by atoms with Crippen LogP contribution in [-0.4, -0.2) is 78.6 Å². The number of aromatic nitrogens is 4. The van der Waals surface area contributed by atoms with Gasteiger partial charge in [-0.25, -0.2) is 4.98 Å². The van der Waals surface area contributed by atoms with Gasteiger partial charge >= 0.3 is 7.28 Å². The number of imidazole rings is 1. The van der Waals surface area contributed by atoms with E-state index in [1.165, 1.54) is 10.9 Å². The lowest BCUT2D eigenvalue weighted by molar-refractivity contribution is -0.193. The molecule has 2 aliphatic heterocycles. The first-order valence-corrected chi connectivity index (χ1v) is 19.2. The summed E-state index contributed by atoms with van der Waals surface area (Å²) >= 11 is 0. The summed E-state index contributed by atoms with van der Waals surface area (Å²) in [6, 6.07) is 0. The molecule has 0 spiro atoms. The summed E-state index contributed by atoms with van der Waals surface area (Å²) in [5.74, 6) is -1.58. The molecule has 4 heterocycles. The van der Waals surface area contributed by atoms with E-state index in [-0.39, 0.29) is 36.4 Å². The monoisotopic (exact) mass is 612 g/mol. The number of fused-ring (bicyclic) bond motifs is 2. The van der Waals surface area contributed by atoms with Gasteiger partial charge in [-0.1, -0.05) is 6.58 Å². The SMILES string of the molecule is C=CC(=O)NCCOP(=O)(O)PP(=O)(O)PC[C@H]1O[C@@H](n2cnc3c(=O)[nH]c(N)nc32)[C@@H]2OC(C)(C)O[C@@H]21. The number of rotatable bonds is 11. The molecule has 2 fully saturated rings. The largest absolute Gasteiger partial charge is 0.369 e. The van der Waals surface area contributed by atoms with E-state index < -0.39 is 72.1 Å². The van der Waals surface area contributed by atoms with Gasteiger partial charge in [0.2, 0.25) is 18.6 Å². The Morgan fingerprint density at radius 1 is 1.39 bits per heavy atom. The Morgan fingerprint density at radius 3 is 2.82 bits per heavy atom. The highest BCUT2D eigenvalue weighted by Crippen LogP contribution is 2.87. The fraction of sp³-hybridized carbons (Fsp3) is 0.556. The van der Waals surface area contributed by atoms with Gasteiger partial charge in [-0.05, 0) is 28.2 Å². The molecule has 210 valence electrons. The van der Waals surface area contributed by atoms with Gasteiger partial charge in [0.05, 0.1) is 27.0 Å². The summed E-state index contributed by atoms with van der Waals surface area (Å²) in [5.41, 5.74) is 5.39. The van der Waals surface area contributed by atoms with Crippen molar-refractivity contribution in [1.82, 2.24) is 24.8 Å². The molecule has 20 heteroatoms. The zero-order valence-corrected chi connectivity index (χ0v) is 24.1. The van der Waals surface area contributed by atoms with Gasteiger partial charge in [0, 0.05) is 12.7 Å². The van der Waals surface area contributed by atoms with Crippen molar-refractivity contribution < 1.29 is 42.4 Å². The van der Waals surface area contributed by atoms with Gasteiger partial charge in [-0.15, -0.1) is 0 Å². The van der Waals surface area contributed by atoms with Crippen LogP contribution in [0.3, 0.4) is 0 Å². The molecule has 0 bridgehead atoms. The third-order valence-corrected chi connectivity index (χ3v) is 20.2. The maximum Gasteiger partial charge on any atom is 0.353 e. The van der Waals surface area contributed by atoms with E-state index in [4.69, 9.17) is 24.5 Å². The van der Waals surface area contributed by atoms with E-state index in [0.717, 1.165) is 6.08 Å². The Morgan fingerprint density at radius 2 is 2.11 bits per heavy atom. The molecule has 1 amide bonds. The lowest BCUT2D eigenvalue weighted by atomic mass is 10.1. The number of aromatic amines is 1. The second-order valence-electron chi connectivity index (χ2n) is 8.79. The molecule has 6 N–H and O–H groups in total. The molecule has 2 aromatic rings. The van der Waals surface area contributed by atoms with Crippen molar-refractivity contribution in [2.75, 3.05) is 25.0 Å². The molecule has 2 saturated heterocycles. The Balaban J connectivity index is 1.44. The van der Waals surface area contributed by atoms with Crippen molar-refractivity contribution in [2.24, 2.45) is 0 Å². The molecule has 2 aromatic heterocycles. The van der Waals surface area contributed by atoms with Gasteiger partial charge < -0.3 is 39.6 Å². The second-order valence-corrected chi connectivity index (χ2v) is 22.2. The number of amides is 1. The standard InChI is InChI=1S/C18H28N6O10P4/c1-4-10(25)20-5-6-31-37(27,28)36-38(29,30)35-7-9-12-13(34-18(2,3)33-12)16(32-9)24-8-21-11-14(24)22-17(19)23-15(11)26/h4,8-9,12-13,16,35-36H,1,5-7H2,2-3H3,(H,20,25)(H,27,28)(H,29,30)(H3,19,22,23,26)/t9-,12-,13-,16-/m1/s1. The Labute approximate surface area is 219 Å². The van der Waals surface area contributed by atoms with Crippen LogP contribution < -0.4 is 16.6 Å². The summed E-state index contributed by atoms with van der Waals surface area (Å²) in [6.45, 7) is 2.22. The number of nitrogen functional groups attached to an aromatic ring is 1. The minimum absolute atomic E-state index is 0.0239. The van der Waals surface area contributed by atoms with Crippen LogP contribution >= 0.6 is 30.3 Å². The summed E-state index contributed by atoms with van der Waals surface area (Å²) in [5, 5.41) is 2.37. The van der Waals surface area contributed by atoms with Crippen LogP contribution in [-0.2, 0) is 32.7 Å². The number of hydrogen-bond donors (Lipinski definition) is 5. The number of anilines is 1. The maximum absolute atomic E-state index is 12.8. The lowest BCUT2D eigenvalue weighted by Crippen LogP contribution is -2.30. The summed E-state index contributed by atoms with van der Waals surface area (Å²) in [6.07, 6.45) is -0.455. The molecule has 0 radical (unpaired) electrons. The van der Waals surface area contributed by atoms with Crippen LogP contribution in [0.5, 0.6) is 0 Å². The number of nitrogens with zero attached hydrogens (tertiary/aromatic N) is 3. The first-order valence-electron chi connectivity index (χ1n) is 11.2. The van der Waals surface area contributed by atoms with Gasteiger partial charge in [-0.3, -0.25) is 28.3 Å². The van der Waals surface area contributed by atoms with Crippen molar-refractivity contribution in [3.05, 3.63) is 29.3 Å². The number of nitrogens with two attached hydrogens (primary N) is 1. The third kappa shape index (κ3) is 6.77. The van der Waals surface area contributed by atoms with Crippen molar-refractivity contribution in [2.45, 2.75) is 44.2 Å². The van der Waals surface area contributed by atoms with Crippen LogP contribution in [0, 0.1) is 0 Å². The molecule has 4 unspecified atom stereocenters. The normalized spacial score (nSPS) is 28.1. The lowest BCUT2D eigenvalue weighted by Gasteiger charge is -2.25. The number of hydrogen-bond acceptors (Lipinski definition) is 11. The highest BCUT2D eigenvalue weighted by Gasteiger charge is 2.56. The zero-order chi connectivity index (χ0) is 27.9. The van der Waals surface area contributed by atoms with Gasteiger partial charge in [-0.2, -0.15) is 4.98 Å². The number of H-pyrrole nitrogens is 1. The third-order valence-electron chi connectivity index (χ3n) is 5.47. The quantitative estimate of drug-likeness (QED) is 0.136. The number of ether oxygens (including phenoxy) is 3. The predicted molar refractivity (Wildman–Crippen MR) is 141 cm³/mol. The van der Waals surface area contributed by atoms with Gasteiger partial charge in [0.1, 0.15) is 12.2 Å². The number of nitrogens with one attached hydrogen (secondary N) is 2. The van der Waals surface area contributed by atoms with Gasteiger partial charge in [0.25, 0.3) is 5.56 Å². The fourth-order valence-corrected chi connectivity index (χ4v) is 19.0. The smallest absolute Gasteiger partial charge is 0.353 e. The average molecular weight is 612 g/mol. The number of carbonyl (C=O) groups is 1. The molecule has 0 aliphatic carbocycles. The summed E-state index contributed by atoms with van der Waals surface area (Å²) in [7, 11) is -6.32. The average Bonchev–Trinajstić information content (AvgIpc) is 3.45. The summed E-state index contributed by atoms with van der Waals surface area (Å²) < 4.78 is 49.7. The van der Waals surface area contributed by atoms with E-state index in [1.807, 2.05) is 0 Å². The van der Waals surface area contributed by atoms with E-state index >= 15 is 0 Å². The minimum atomic E-state index is -4.39. The fourth-order valence-electron chi connectivity index (χ4n) is 4.04. The molecular weight excluding hydrogens is 584 g/mol. The molecule has 4 rings (SSSR count). The van der Waals surface area contributed by atoms with E-state index in [9.17, 15) is 28.5 Å². The first-order chi connectivity index (χ1) is 17.7. The molecule has 2 aliphatic rings. The maximum atomic E-state index is 12.8. The van der Waals surface area contributed by atoms with E-state index in [1.54, 1.807) is 13.8 Å². The van der Waals surface area contributed by atoms with Crippen molar-refractivity contribution in [1.29, 1.82) is 0 Å². The van der Waals surface area contributed by atoms with Crippen molar-refractivity contribution in [3.8, 4) is 0 Å². The Kier molecular flexibility index (Phi) is 8.62. The molecule has 38 heavy (non-hydrogen) atoms. The Bertz CT molecular complexity index is 1380. The zero-order valence-electron chi connectivity index (χ0n) is 20.3. The van der Waals surface area contributed by atoms with E-state index in [2.05, 4.69) is 26.8 Å². The van der Waals surface area contributed by atoms with Crippen molar-refractivity contribution >= 4 is 53.3 Å². The highest BCUT2D eigenvalue weighted by molar-refractivity contribution is 8.68. The summed E-state index contributed by atoms with van der Waals surface area (Å²) in [4.78, 5) is 54.5. The number of carbonyl (C=O) groups excluding carboxylic acids is 1. The highest BCUT2D eigenvalue weighted by atomic mass is 32.7. The second kappa shape index (κ2) is 11.1. The topological polar surface area (TPSA) is 230 Å². The van der Waals surface area contributed by atoms with Crippen LogP contribution in [0.4, 0.5) is 5.95 Å². The van der Waals surface area contributed by atoms with Crippen LogP contribution in [0.1, 0.15) is 20.1 Å². The van der Waals surface area contributed by atoms with E-state index in [0.29, 0.717) is 0 Å². The molecule has 16 nitrogen and oxygen atoms in total. The molecule has 8 atom stereocenters. The first kappa shape index (κ1) is 29.4. The molecule has 0 saturated carbocycles. The molecular formula is C18H28N6O10P4. The van der Waals surface area contributed by atoms with Crippen LogP contribution in [0.2, 0.25) is 0 Å². The van der Waals surface area contributed by atoms with Crippen LogP contribution in [0.25, 0.3) is 11.2 Å². The van der Waals surface area contributed by atoms with Gasteiger partial charge in [0.15, 0.2) is 23.2 Å².